The lowest BCUT2D eigenvalue weighted by molar-refractivity contribution is -0.163. The van der Waals surface area contributed by atoms with Crippen LogP contribution in [-0.2, 0) is 23.8 Å². The average Bonchev–Trinajstić information content (AvgIpc) is 3.22. The van der Waals surface area contributed by atoms with Gasteiger partial charge in [0, 0.05) is 19.4 Å². The van der Waals surface area contributed by atoms with Gasteiger partial charge in [-0.25, -0.2) is 0 Å². The van der Waals surface area contributed by atoms with Crippen molar-refractivity contribution in [1.82, 2.24) is 0 Å². The van der Waals surface area contributed by atoms with E-state index < -0.39 is 6.10 Å². The van der Waals surface area contributed by atoms with E-state index in [4.69, 9.17) is 14.2 Å². The lowest BCUT2D eigenvalue weighted by Crippen LogP contribution is -2.30. The van der Waals surface area contributed by atoms with Gasteiger partial charge in [0.15, 0.2) is 6.10 Å². The summed E-state index contributed by atoms with van der Waals surface area (Å²) in [6.07, 6.45) is 62.0. The molecule has 0 N–H and O–H groups in total. The molecule has 5 nitrogen and oxygen atoms in total. The van der Waals surface area contributed by atoms with E-state index in [1.165, 1.54) is 96.3 Å². The van der Waals surface area contributed by atoms with Gasteiger partial charge in [-0.15, -0.1) is 0 Å². The third-order valence-corrected chi connectivity index (χ3v) is 10.2. The molecule has 5 heteroatoms. The van der Waals surface area contributed by atoms with Gasteiger partial charge in [0.2, 0.25) is 0 Å². The van der Waals surface area contributed by atoms with E-state index in [2.05, 4.69) is 93.7 Å². The largest absolute Gasteiger partial charge is 0.462 e. The number of esters is 2. The minimum Gasteiger partial charge on any atom is -0.462 e. The fourth-order valence-corrected chi connectivity index (χ4v) is 6.59. The molecule has 1 atom stereocenters. The van der Waals surface area contributed by atoms with Crippen LogP contribution in [0.4, 0.5) is 0 Å². The molecule has 0 saturated carbocycles. The minimum atomic E-state index is -0.551. The second kappa shape index (κ2) is 48.7. The molecule has 0 spiro atoms. The third kappa shape index (κ3) is 46.0. The van der Waals surface area contributed by atoms with Gasteiger partial charge >= 0.3 is 11.9 Å². The predicted octanol–water partition coefficient (Wildman–Crippen LogP) is 16.3. The van der Waals surface area contributed by atoms with Crippen LogP contribution in [0.25, 0.3) is 0 Å². The van der Waals surface area contributed by atoms with Crippen LogP contribution >= 0.6 is 0 Å². The van der Waals surface area contributed by atoms with Gasteiger partial charge in [-0.3, -0.25) is 9.59 Å². The summed E-state index contributed by atoms with van der Waals surface area (Å²) in [5.41, 5.74) is 0. The Morgan fingerprint density at radius 2 is 0.776 bits per heavy atom. The molecule has 1 unspecified atom stereocenters. The summed E-state index contributed by atoms with van der Waals surface area (Å²) in [5.74, 6) is -0.427. The summed E-state index contributed by atoms with van der Waals surface area (Å²) in [6, 6.07) is 0. The first-order valence-electron chi connectivity index (χ1n) is 24.5. The molecule has 58 heavy (non-hydrogen) atoms. The summed E-state index contributed by atoms with van der Waals surface area (Å²) in [5, 5.41) is 0. The van der Waals surface area contributed by atoms with Crippen LogP contribution in [0, 0.1) is 0 Å². The van der Waals surface area contributed by atoms with E-state index in [0.29, 0.717) is 19.4 Å². The molecular formula is C53H92O5. The summed E-state index contributed by atoms with van der Waals surface area (Å²) < 4.78 is 17.3. The minimum absolute atomic E-state index is 0.0694. The van der Waals surface area contributed by atoms with Gasteiger partial charge in [-0.05, 0) is 89.9 Å². The van der Waals surface area contributed by atoms with Crippen LogP contribution in [-0.4, -0.2) is 37.9 Å². The van der Waals surface area contributed by atoms with Crippen LogP contribution < -0.4 is 0 Å². The molecule has 0 aromatic carbocycles. The zero-order chi connectivity index (χ0) is 42.1. The Kier molecular flexibility index (Phi) is 46.5. The fraction of sp³-hybridized carbons (Fsp3) is 0.736. The standard InChI is InChI=1S/C53H92O5/c1-4-7-10-13-16-18-20-22-24-25-26-27-28-30-32-34-36-39-42-45-48-56-49-51(58-53(55)47-44-41-37-15-12-9-6-3)50-57-52(54)46-43-40-38-35-33-31-29-23-21-19-17-14-11-8-5-2/h7,10,16,18,22-24,26-27,29-30,32,51H,4-6,8-9,11-15,17,19-21,25,28,31,33-50H2,1-3H3/b10-7-,18-16-,24-22-,27-26-,29-23-,32-30-. The average molecular weight is 809 g/mol. The monoisotopic (exact) mass is 809 g/mol. The van der Waals surface area contributed by atoms with Gasteiger partial charge in [0.05, 0.1) is 6.61 Å². The molecule has 0 rings (SSSR count). The Morgan fingerprint density at radius 1 is 0.397 bits per heavy atom. The van der Waals surface area contributed by atoms with E-state index in [1.54, 1.807) is 0 Å². The number of carbonyl (C=O) groups excluding carboxylic acids is 2. The summed E-state index contributed by atoms with van der Waals surface area (Å²) in [4.78, 5) is 25.2. The topological polar surface area (TPSA) is 61.8 Å². The van der Waals surface area contributed by atoms with Gasteiger partial charge < -0.3 is 14.2 Å². The quantitative estimate of drug-likeness (QED) is 0.0348. The Labute approximate surface area is 359 Å². The zero-order valence-corrected chi connectivity index (χ0v) is 38.3. The molecule has 0 heterocycles. The highest BCUT2D eigenvalue weighted by molar-refractivity contribution is 5.70. The van der Waals surface area contributed by atoms with Crippen molar-refractivity contribution < 1.29 is 23.8 Å². The number of carbonyl (C=O) groups is 2. The van der Waals surface area contributed by atoms with Crippen molar-refractivity contribution in [3.8, 4) is 0 Å². The molecule has 0 aliphatic heterocycles. The molecule has 0 fully saturated rings. The van der Waals surface area contributed by atoms with Crippen LogP contribution in [0.15, 0.2) is 72.9 Å². The van der Waals surface area contributed by atoms with Crippen molar-refractivity contribution in [2.75, 3.05) is 19.8 Å². The first-order valence-corrected chi connectivity index (χ1v) is 24.5. The first kappa shape index (κ1) is 55.3. The normalized spacial score (nSPS) is 12.8. The highest BCUT2D eigenvalue weighted by Crippen LogP contribution is 2.13. The van der Waals surface area contributed by atoms with E-state index in [-0.39, 0.29) is 25.2 Å². The number of hydrogen-bond donors (Lipinski definition) is 0. The maximum Gasteiger partial charge on any atom is 0.306 e. The van der Waals surface area contributed by atoms with E-state index in [0.717, 1.165) is 96.3 Å². The van der Waals surface area contributed by atoms with E-state index in [1.807, 2.05) is 0 Å². The van der Waals surface area contributed by atoms with E-state index >= 15 is 0 Å². The maximum atomic E-state index is 12.6. The van der Waals surface area contributed by atoms with Gasteiger partial charge in [0.1, 0.15) is 6.61 Å². The van der Waals surface area contributed by atoms with Crippen molar-refractivity contribution in [2.24, 2.45) is 0 Å². The second-order valence-electron chi connectivity index (χ2n) is 16.0. The fourth-order valence-electron chi connectivity index (χ4n) is 6.59. The highest BCUT2D eigenvalue weighted by Gasteiger charge is 2.17. The Bertz CT molecular complexity index is 1050. The summed E-state index contributed by atoms with van der Waals surface area (Å²) in [7, 11) is 0. The summed E-state index contributed by atoms with van der Waals surface area (Å²) >= 11 is 0. The SMILES string of the molecule is CC/C=C\C/C=C\C/C=C\C/C=C\C/C=C\CCCCCCOCC(COC(=O)CCCCCCC/C=C\CCCCCCCC)OC(=O)CCCCCCCCC. The number of hydrogen-bond acceptors (Lipinski definition) is 5. The van der Waals surface area contributed by atoms with Crippen molar-refractivity contribution in [3.63, 3.8) is 0 Å². The van der Waals surface area contributed by atoms with E-state index in [9.17, 15) is 9.59 Å². The molecule has 0 aromatic heterocycles. The Hall–Kier alpha value is -2.66. The molecular weight excluding hydrogens is 717 g/mol. The molecule has 0 saturated heterocycles. The lowest BCUT2D eigenvalue weighted by Gasteiger charge is -2.18. The zero-order valence-electron chi connectivity index (χ0n) is 38.3. The van der Waals surface area contributed by atoms with Crippen LogP contribution in [0.2, 0.25) is 0 Å². The Morgan fingerprint density at radius 3 is 1.26 bits per heavy atom. The lowest BCUT2D eigenvalue weighted by atomic mass is 10.1. The van der Waals surface area contributed by atoms with Crippen LogP contribution in [0.3, 0.4) is 0 Å². The van der Waals surface area contributed by atoms with Crippen molar-refractivity contribution in [3.05, 3.63) is 72.9 Å². The first-order chi connectivity index (χ1) is 28.6. The molecule has 0 aliphatic carbocycles. The molecule has 0 aliphatic rings. The van der Waals surface area contributed by atoms with Gasteiger partial charge in [-0.2, -0.15) is 0 Å². The van der Waals surface area contributed by atoms with Crippen LogP contribution in [0.1, 0.15) is 226 Å². The van der Waals surface area contributed by atoms with Crippen molar-refractivity contribution >= 4 is 11.9 Å². The van der Waals surface area contributed by atoms with Gasteiger partial charge in [0.25, 0.3) is 0 Å². The highest BCUT2D eigenvalue weighted by atomic mass is 16.6. The van der Waals surface area contributed by atoms with Crippen LogP contribution in [0.5, 0.6) is 0 Å². The second-order valence-corrected chi connectivity index (χ2v) is 16.0. The third-order valence-electron chi connectivity index (χ3n) is 10.2. The molecule has 0 aromatic rings. The Balaban J connectivity index is 4.20. The number of ether oxygens (including phenoxy) is 3. The van der Waals surface area contributed by atoms with Crippen molar-refractivity contribution in [1.29, 1.82) is 0 Å². The molecule has 334 valence electrons. The molecule has 0 bridgehead atoms. The molecule has 0 radical (unpaired) electrons. The summed E-state index contributed by atoms with van der Waals surface area (Å²) in [6.45, 7) is 7.61. The van der Waals surface area contributed by atoms with Crippen molar-refractivity contribution in [2.45, 2.75) is 232 Å². The maximum absolute atomic E-state index is 12.6. The number of unbranched alkanes of at least 4 members (excludes halogenated alkanes) is 21. The predicted molar refractivity (Wildman–Crippen MR) is 251 cm³/mol. The number of rotatable bonds is 44. The smallest absolute Gasteiger partial charge is 0.306 e. The van der Waals surface area contributed by atoms with Gasteiger partial charge in [-0.1, -0.05) is 196 Å². The number of allylic oxidation sites excluding steroid dienone is 12. The molecule has 0 amide bonds.